The van der Waals surface area contributed by atoms with Gasteiger partial charge in [-0.15, -0.1) is 0 Å². The maximum absolute atomic E-state index is 4.34. The number of rotatable bonds is 3. The summed E-state index contributed by atoms with van der Waals surface area (Å²) in [5, 5.41) is 3.00. The first-order valence-corrected chi connectivity index (χ1v) is 10.3. The maximum Gasteiger partial charge on any atom is 0.204 e. The monoisotopic (exact) mass is 220 g/mol. The molecule has 14 heavy (non-hydrogen) atoms. The Morgan fingerprint density at radius 1 is 1.21 bits per heavy atom. The van der Waals surface area contributed by atoms with Crippen molar-refractivity contribution in [2.24, 2.45) is 4.66 Å². The van der Waals surface area contributed by atoms with E-state index in [1.165, 1.54) is 10.4 Å². The van der Waals surface area contributed by atoms with Crippen LogP contribution in [0.2, 0.25) is 26.2 Å². The van der Waals surface area contributed by atoms with Gasteiger partial charge in [-0.1, -0.05) is 42.5 Å². The third kappa shape index (κ3) is 2.22. The van der Waals surface area contributed by atoms with Crippen LogP contribution in [0.4, 0.5) is 0 Å². The van der Waals surface area contributed by atoms with Crippen LogP contribution in [0.25, 0.3) is 0 Å². The fraction of sp³-hybridized carbons (Fsp3) is 0.364. The minimum absolute atomic E-state index is 0.387. The lowest BCUT2D eigenvalue weighted by Crippen LogP contribution is -2.52. The molecule has 1 rings (SSSR count). The fourth-order valence-corrected chi connectivity index (χ4v) is 5.67. The van der Waals surface area contributed by atoms with E-state index in [4.69, 9.17) is 0 Å². The van der Waals surface area contributed by atoms with Crippen LogP contribution in [0, 0.1) is 0 Å². The van der Waals surface area contributed by atoms with E-state index in [1.54, 1.807) is 0 Å². The van der Waals surface area contributed by atoms with Gasteiger partial charge in [-0.05, 0) is 25.0 Å². The third-order valence-corrected chi connectivity index (χ3v) is 6.83. The molecule has 0 N–H and O–H groups in total. The molecule has 0 bridgehead atoms. The summed E-state index contributed by atoms with van der Waals surface area (Å²) in [7, 11) is -2.01. The van der Waals surface area contributed by atoms with Crippen molar-refractivity contribution in [1.82, 2.24) is 0 Å². The highest BCUT2D eigenvalue weighted by Gasteiger charge is 2.25. The highest BCUT2D eigenvalue weighted by molar-refractivity contribution is 6.93. The molecule has 75 valence electrons. The summed E-state index contributed by atoms with van der Waals surface area (Å²) in [6.45, 7) is 12.9. The Morgan fingerprint density at radius 3 is 2.29 bits per heavy atom. The molecule has 0 aliphatic rings. The van der Waals surface area contributed by atoms with Crippen LogP contribution >= 0.6 is 0 Å². The first kappa shape index (κ1) is 11.4. The molecular weight excluding hydrogens is 202 g/mol. The minimum Gasteiger partial charge on any atom is -0.331 e. The molecule has 0 amide bonds. The van der Waals surface area contributed by atoms with E-state index in [0.29, 0.717) is 0 Å². The normalized spacial score (nSPS) is 11.8. The molecule has 0 spiro atoms. The summed E-state index contributed by atoms with van der Waals surface area (Å²) < 4.78 is 4.34. The van der Waals surface area contributed by atoms with Crippen molar-refractivity contribution >= 4 is 34.1 Å². The SMILES string of the molecule is C=N[Si](C)(C)c1ccccc1[Si](C)C. The molecular formula is C11H18NSi2. The van der Waals surface area contributed by atoms with Gasteiger partial charge in [-0.2, -0.15) is 0 Å². The molecule has 0 aromatic heterocycles. The maximum atomic E-state index is 4.34. The Morgan fingerprint density at radius 2 is 1.79 bits per heavy atom. The van der Waals surface area contributed by atoms with E-state index >= 15 is 0 Å². The second-order valence-electron chi connectivity index (χ2n) is 4.26. The van der Waals surface area contributed by atoms with E-state index in [-0.39, 0.29) is 8.80 Å². The van der Waals surface area contributed by atoms with E-state index in [2.05, 4.69) is 61.8 Å². The Balaban J connectivity index is 3.26. The molecule has 0 saturated carbocycles. The molecule has 0 atom stereocenters. The van der Waals surface area contributed by atoms with Crippen molar-refractivity contribution < 1.29 is 0 Å². The summed E-state index contributed by atoms with van der Waals surface area (Å²) in [6, 6.07) is 8.73. The van der Waals surface area contributed by atoms with Gasteiger partial charge in [0.25, 0.3) is 0 Å². The van der Waals surface area contributed by atoms with Gasteiger partial charge in [-0.25, -0.2) is 0 Å². The van der Waals surface area contributed by atoms with Gasteiger partial charge >= 0.3 is 0 Å². The van der Waals surface area contributed by atoms with E-state index in [1.807, 2.05) is 0 Å². The van der Waals surface area contributed by atoms with Gasteiger partial charge < -0.3 is 4.66 Å². The van der Waals surface area contributed by atoms with Gasteiger partial charge in [0, 0.05) is 0 Å². The van der Waals surface area contributed by atoms with Crippen LogP contribution in [-0.4, -0.2) is 23.7 Å². The Hall–Kier alpha value is -0.676. The summed E-state index contributed by atoms with van der Waals surface area (Å²) >= 11 is 0. The molecule has 0 heterocycles. The Labute approximate surface area is 89.6 Å². The largest absolute Gasteiger partial charge is 0.331 e. The second-order valence-corrected chi connectivity index (χ2v) is 10.8. The zero-order valence-corrected chi connectivity index (χ0v) is 11.5. The third-order valence-electron chi connectivity index (χ3n) is 2.52. The summed E-state index contributed by atoms with van der Waals surface area (Å²) in [5.41, 5.74) is 0. The molecule has 1 nitrogen and oxygen atoms in total. The van der Waals surface area contributed by atoms with Crippen molar-refractivity contribution in [3.8, 4) is 0 Å². The van der Waals surface area contributed by atoms with E-state index in [0.717, 1.165) is 0 Å². The summed E-state index contributed by atoms with van der Waals surface area (Å²) in [6.07, 6.45) is 0. The molecule has 0 saturated heterocycles. The van der Waals surface area contributed by atoms with Crippen molar-refractivity contribution in [3.63, 3.8) is 0 Å². The van der Waals surface area contributed by atoms with Crippen molar-refractivity contribution in [2.45, 2.75) is 26.2 Å². The van der Waals surface area contributed by atoms with E-state index in [9.17, 15) is 0 Å². The molecule has 0 aliphatic carbocycles. The first-order chi connectivity index (χ1) is 6.49. The smallest absolute Gasteiger partial charge is 0.204 e. The highest BCUT2D eigenvalue weighted by atomic mass is 28.3. The average molecular weight is 220 g/mol. The lowest BCUT2D eigenvalue weighted by Gasteiger charge is -2.21. The fourth-order valence-electron chi connectivity index (χ4n) is 1.54. The average Bonchev–Trinajstić information content (AvgIpc) is 2.18. The zero-order chi connectivity index (χ0) is 10.8. The number of hydrogen-bond donors (Lipinski definition) is 0. The van der Waals surface area contributed by atoms with E-state index < -0.39 is 8.24 Å². The van der Waals surface area contributed by atoms with Gasteiger partial charge in [0.15, 0.2) is 0 Å². The topological polar surface area (TPSA) is 12.4 Å². The Bertz CT molecular complexity index is 332. The highest BCUT2D eigenvalue weighted by Crippen LogP contribution is 2.03. The van der Waals surface area contributed by atoms with Crippen molar-refractivity contribution in [3.05, 3.63) is 24.3 Å². The number of nitrogens with zero attached hydrogens (tertiary/aromatic N) is 1. The molecule has 0 unspecified atom stereocenters. The zero-order valence-electron chi connectivity index (χ0n) is 9.46. The standard InChI is InChI=1S/C11H18NSi2/c1-12-14(4,5)11-9-7-6-8-10(11)13(2)3/h6-9H,1H2,2-5H3. The van der Waals surface area contributed by atoms with Crippen LogP contribution in [0.1, 0.15) is 0 Å². The lowest BCUT2D eigenvalue weighted by atomic mass is 10.4. The van der Waals surface area contributed by atoms with Crippen molar-refractivity contribution in [1.29, 1.82) is 0 Å². The predicted octanol–water partition coefficient (Wildman–Crippen LogP) is 1.76. The predicted molar refractivity (Wildman–Crippen MR) is 70.2 cm³/mol. The first-order valence-electron chi connectivity index (χ1n) is 4.87. The van der Waals surface area contributed by atoms with Crippen LogP contribution in [0.3, 0.4) is 0 Å². The molecule has 1 aromatic rings. The quantitative estimate of drug-likeness (QED) is 0.544. The molecule has 1 aromatic carbocycles. The minimum atomic E-state index is -1.62. The van der Waals surface area contributed by atoms with Crippen LogP contribution < -0.4 is 10.4 Å². The lowest BCUT2D eigenvalue weighted by molar-refractivity contribution is 1.62. The van der Waals surface area contributed by atoms with Gasteiger partial charge in [0.1, 0.15) is 0 Å². The molecule has 1 radical (unpaired) electrons. The van der Waals surface area contributed by atoms with Crippen molar-refractivity contribution in [2.75, 3.05) is 0 Å². The number of hydrogen-bond acceptors (Lipinski definition) is 1. The molecule has 0 fully saturated rings. The molecule has 3 heteroatoms. The number of benzene rings is 1. The summed E-state index contributed by atoms with van der Waals surface area (Å²) in [5.74, 6) is 0. The van der Waals surface area contributed by atoms with Crippen LogP contribution in [0.5, 0.6) is 0 Å². The van der Waals surface area contributed by atoms with Crippen LogP contribution in [-0.2, 0) is 0 Å². The van der Waals surface area contributed by atoms with Crippen LogP contribution in [0.15, 0.2) is 28.9 Å². The second kappa shape index (κ2) is 4.23. The van der Waals surface area contributed by atoms with Gasteiger partial charge in [0.05, 0.1) is 8.80 Å². The molecule has 0 aliphatic heterocycles. The van der Waals surface area contributed by atoms with Gasteiger partial charge in [-0.3, -0.25) is 0 Å². The van der Waals surface area contributed by atoms with Gasteiger partial charge in [0.2, 0.25) is 8.24 Å². The Kier molecular flexibility index (Phi) is 3.45. The summed E-state index contributed by atoms with van der Waals surface area (Å²) in [4.78, 5) is 0.